The molecule has 0 radical (unpaired) electrons. The number of carbonyl (C=O) groups is 1. The van der Waals surface area contributed by atoms with E-state index in [4.69, 9.17) is 0 Å². The SMILES string of the molecule is CC(C)n1ncnc1C(=O)c1cncs1. The van der Waals surface area contributed by atoms with Crippen LogP contribution in [0.1, 0.15) is 35.4 Å². The van der Waals surface area contributed by atoms with Crippen LogP contribution in [0.4, 0.5) is 0 Å². The molecule has 5 nitrogen and oxygen atoms in total. The summed E-state index contributed by atoms with van der Waals surface area (Å²) in [6.45, 7) is 3.91. The predicted octanol–water partition coefficient (Wildman–Crippen LogP) is 1.55. The molecule has 0 aliphatic rings. The van der Waals surface area contributed by atoms with E-state index in [2.05, 4.69) is 15.1 Å². The molecule has 2 aromatic rings. The van der Waals surface area contributed by atoms with Crippen molar-refractivity contribution >= 4 is 17.1 Å². The summed E-state index contributed by atoms with van der Waals surface area (Å²) in [5.74, 6) is 0.248. The Morgan fingerprint density at radius 1 is 1.53 bits per heavy atom. The average molecular weight is 222 g/mol. The van der Waals surface area contributed by atoms with Gasteiger partial charge in [0.05, 0.1) is 10.4 Å². The molecule has 2 rings (SSSR count). The van der Waals surface area contributed by atoms with Gasteiger partial charge in [-0.25, -0.2) is 9.67 Å². The Bertz CT molecular complexity index is 460. The molecule has 0 aromatic carbocycles. The molecule has 0 aliphatic carbocycles. The normalized spacial score (nSPS) is 10.9. The van der Waals surface area contributed by atoms with Crippen molar-refractivity contribution in [2.45, 2.75) is 19.9 Å². The second kappa shape index (κ2) is 3.90. The number of nitrogens with zero attached hydrogens (tertiary/aromatic N) is 4. The first-order valence-electron chi connectivity index (χ1n) is 4.53. The Balaban J connectivity index is 2.38. The molecule has 0 atom stereocenters. The van der Waals surface area contributed by atoms with Gasteiger partial charge in [-0.1, -0.05) is 0 Å². The number of carbonyl (C=O) groups excluding carboxylic acids is 1. The van der Waals surface area contributed by atoms with Gasteiger partial charge in [0, 0.05) is 12.2 Å². The highest BCUT2D eigenvalue weighted by Crippen LogP contribution is 2.13. The topological polar surface area (TPSA) is 60.7 Å². The van der Waals surface area contributed by atoms with Gasteiger partial charge in [0.25, 0.3) is 0 Å². The Hall–Kier alpha value is -1.56. The Morgan fingerprint density at radius 3 is 2.93 bits per heavy atom. The first kappa shape index (κ1) is 9.97. The lowest BCUT2D eigenvalue weighted by Gasteiger charge is -2.06. The standard InChI is InChI=1S/C9H10N4OS/c1-6(2)13-9(11-4-12-13)8(14)7-3-10-5-15-7/h3-6H,1-2H3. The highest BCUT2D eigenvalue weighted by Gasteiger charge is 2.18. The molecule has 78 valence electrons. The number of thiazole rings is 1. The fraction of sp³-hybridized carbons (Fsp3) is 0.333. The van der Waals surface area contributed by atoms with E-state index >= 15 is 0 Å². The van der Waals surface area contributed by atoms with Gasteiger partial charge in [0.1, 0.15) is 6.33 Å². The van der Waals surface area contributed by atoms with Crippen LogP contribution in [0.3, 0.4) is 0 Å². The summed E-state index contributed by atoms with van der Waals surface area (Å²) < 4.78 is 1.61. The summed E-state index contributed by atoms with van der Waals surface area (Å²) in [6, 6.07) is 0.124. The molecule has 0 unspecified atom stereocenters. The van der Waals surface area contributed by atoms with Gasteiger partial charge in [-0.2, -0.15) is 5.10 Å². The fourth-order valence-corrected chi connectivity index (χ4v) is 1.78. The van der Waals surface area contributed by atoms with Crippen molar-refractivity contribution < 1.29 is 4.79 Å². The van der Waals surface area contributed by atoms with E-state index in [0.29, 0.717) is 10.7 Å². The Labute approximate surface area is 90.8 Å². The monoisotopic (exact) mass is 222 g/mol. The summed E-state index contributed by atoms with van der Waals surface area (Å²) in [7, 11) is 0. The van der Waals surface area contributed by atoms with E-state index in [1.807, 2.05) is 13.8 Å². The third-order valence-corrected chi connectivity index (χ3v) is 2.69. The number of hydrogen-bond donors (Lipinski definition) is 0. The maximum absolute atomic E-state index is 11.9. The second-order valence-corrected chi connectivity index (χ2v) is 4.20. The van der Waals surface area contributed by atoms with Crippen molar-refractivity contribution in [3.63, 3.8) is 0 Å². The largest absolute Gasteiger partial charge is 0.284 e. The van der Waals surface area contributed by atoms with Gasteiger partial charge >= 0.3 is 0 Å². The van der Waals surface area contributed by atoms with Gasteiger partial charge in [-0.15, -0.1) is 11.3 Å². The summed E-state index contributed by atoms with van der Waals surface area (Å²) in [6.07, 6.45) is 2.95. The highest BCUT2D eigenvalue weighted by atomic mass is 32.1. The molecule has 2 aromatic heterocycles. The molecule has 0 N–H and O–H groups in total. The van der Waals surface area contributed by atoms with E-state index < -0.39 is 0 Å². The van der Waals surface area contributed by atoms with E-state index in [1.165, 1.54) is 17.7 Å². The van der Waals surface area contributed by atoms with Crippen LogP contribution in [0.25, 0.3) is 0 Å². The van der Waals surface area contributed by atoms with Crippen molar-refractivity contribution in [3.05, 3.63) is 28.7 Å². The molecular weight excluding hydrogens is 212 g/mol. The summed E-state index contributed by atoms with van der Waals surface area (Å²) in [5.41, 5.74) is 1.63. The van der Waals surface area contributed by atoms with Crippen LogP contribution < -0.4 is 0 Å². The molecule has 15 heavy (non-hydrogen) atoms. The van der Waals surface area contributed by atoms with E-state index in [0.717, 1.165) is 0 Å². The third kappa shape index (κ3) is 1.80. The maximum atomic E-state index is 11.9. The molecule has 0 fully saturated rings. The number of rotatable bonds is 3. The van der Waals surface area contributed by atoms with Gasteiger partial charge in [-0.3, -0.25) is 9.78 Å². The minimum atomic E-state index is -0.122. The number of ketones is 1. The zero-order valence-corrected chi connectivity index (χ0v) is 9.23. The van der Waals surface area contributed by atoms with Crippen molar-refractivity contribution in [2.75, 3.05) is 0 Å². The molecule has 0 saturated heterocycles. The molecule has 0 amide bonds. The molecule has 0 aliphatic heterocycles. The van der Waals surface area contributed by atoms with Crippen molar-refractivity contribution in [3.8, 4) is 0 Å². The average Bonchev–Trinajstić information content (AvgIpc) is 2.88. The summed E-state index contributed by atoms with van der Waals surface area (Å²) in [5, 5.41) is 4.02. The first-order valence-corrected chi connectivity index (χ1v) is 5.41. The smallest absolute Gasteiger partial charge is 0.241 e. The lowest BCUT2D eigenvalue weighted by Crippen LogP contribution is -2.13. The van der Waals surface area contributed by atoms with Gasteiger partial charge in [-0.05, 0) is 13.8 Å². The van der Waals surface area contributed by atoms with Crippen LogP contribution in [0.15, 0.2) is 18.0 Å². The molecular formula is C9H10N4OS. The van der Waals surface area contributed by atoms with E-state index in [-0.39, 0.29) is 11.8 Å². The zero-order chi connectivity index (χ0) is 10.8. The van der Waals surface area contributed by atoms with Crippen molar-refractivity contribution in [1.82, 2.24) is 19.7 Å². The van der Waals surface area contributed by atoms with Crippen LogP contribution in [-0.4, -0.2) is 25.5 Å². The van der Waals surface area contributed by atoms with Crippen LogP contribution in [0.5, 0.6) is 0 Å². The van der Waals surface area contributed by atoms with Gasteiger partial charge in [0.15, 0.2) is 0 Å². The number of aromatic nitrogens is 4. The highest BCUT2D eigenvalue weighted by molar-refractivity contribution is 7.11. The van der Waals surface area contributed by atoms with Crippen molar-refractivity contribution in [2.24, 2.45) is 0 Å². The zero-order valence-electron chi connectivity index (χ0n) is 8.41. The third-order valence-electron chi connectivity index (χ3n) is 1.92. The fourth-order valence-electron chi connectivity index (χ4n) is 1.23. The molecule has 0 spiro atoms. The lowest BCUT2D eigenvalue weighted by molar-refractivity contribution is 0.102. The number of hydrogen-bond acceptors (Lipinski definition) is 5. The molecule has 2 heterocycles. The van der Waals surface area contributed by atoms with Gasteiger partial charge < -0.3 is 0 Å². The lowest BCUT2D eigenvalue weighted by atomic mass is 10.3. The Morgan fingerprint density at radius 2 is 2.33 bits per heavy atom. The van der Waals surface area contributed by atoms with E-state index in [1.54, 1.807) is 16.4 Å². The maximum Gasteiger partial charge on any atom is 0.241 e. The van der Waals surface area contributed by atoms with Crippen LogP contribution in [-0.2, 0) is 0 Å². The minimum absolute atomic E-state index is 0.122. The quantitative estimate of drug-likeness (QED) is 0.739. The second-order valence-electron chi connectivity index (χ2n) is 3.32. The van der Waals surface area contributed by atoms with Crippen molar-refractivity contribution in [1.29, 1.82) is 0 Å². The molecule has 0 saturated carbocycles. The summed E-state index contributed by atoms with van der Waals surface area (Å²) in [4.78, 5) is 20.4. The van der Waals surface area contributed by atoms with Crippen LogP contribution in [0.2, 0.25) is 0 Å². The first-order chi connectivity index (χ1) is 7.20. The predicted molar refractivity (Wildman–Crippen MR) is 56.0 cm³/mol. The van der Waals surface area contributed by atoms with E-state index in [9.17, 15) is 4.79 Å². The van der Waals surface area contributed by atoms with Crippen LogP contribution in [0, 0.1) is 0 Å². The Kier molecular flexibility index (Phi) is 2.59. The minimum Gasteiger partial charge on any atom is -0.284 e. The molecule has 0 bridgehead atoms. The molecule has 6 heteroatoms. The van der Waals surface area contributed by atoms with Crippen LogP contribution >= 0.6 is 11.3 Å². The summed E-state index contributed by atoms with van der Waals surface area (Å²) >= 11 is 1.31. The van der Waals surface area contributed by atoms with Gasteiger partial charge in [0.2, 0.25) is 11.6 Å².